The fourth-order valence-corrected chi connectivity index (χ4v) is 6.71. The van der Waals surface area contributed by atoms with Crippen LogP contribution in [0.25, 0.3) is 22.3 Å². The highest BCUT2D eigenvalue weighted by molar-refractivity contribution is 5.79. The smallest absolute Gasteiger partial charge is 0.407 e. The molecule has 2 saturated carbocycles. The number of amides is 1. The van der Waals surface area contributed by atoms with Crippen LogP contribution in [0.1, 0.15) is 60.7 Å². The molecule has 12 heteroatoms. The molecule has 2 aliphatic carbocycles. The van der Waals surface area contributed by atoms with Crippen LogP contribution in [0, 0.1) is 0 Å². The second-order valence-electron chi connectivity index (χ2n) is 11.9. The number of nitrogens with one attached hydrogen (secondary N) is 3. The lowest BCUT2D eigenvalue weighted by atomic mass is 10.1. The van der Waals surface area contributed by atoms with Gasteiger partial charge in [-0.05, 0) is 68.0 Å². The summed E-state index contributed by atoms with van der Waals surface area (Å²) in [6, 6.07) is 11.4. The number of pyridine rings is 2. The van der Waals surface area contributed by atoms with Gasteiger partial charge in [0, 0.05) is 47.4 Å². The molecule has 3 aliphatic rings. The van der Waals surface area contributed by atoms with E-state index in [9.17, 15) is 9.59 Å². The summed E-state index contributed by atoms with van der Waals surface area (Å²) in [5.74, 6) is 2.32. The number of anilines is 2. The van der Waals surface area contributed by atoms with Crippen molar-refractivity contribution in [1.82, 2.24) is 29.7 Å². The number of alkyl carbamates (subject to hydrolysis) is 1. The summed E-state index contributed by atoms with van der Waals surface area (Å²) in [6.45, 7) is -1.06. The average molecular weight is 617 g/mol. The van der Waals surface area contributed by atoms with Crippen LogP contribution in [0.2, 0.25) is 0 Å². The Balaban J connectivity index is 1.24. The molecule has 2 atom stereocenters. The van der Waals surface area contributed by atoms with Crippen LogP contribution in [-0.4, -0.2) is 57.6 Å². The summed E-state index contributed by atoms with van der Waals surface area (Å²) in [4.78, 5) is 35.0. The van der Waals surface area contributed by atoms with Gasteiger partial charge in [-0.2, -0.15) is 0 Å². The molecule has 0 radical (unpaired) electrons. The number of ether oxygens (including phenoxy) is 3. The monoisotopic (exact) mass is 616 g/mol. The van der Waals surface area contributed by atoms with Crippen molar-refractivity contribution in [2.75, 3.05) is 25.6 Å². The maximum absolute atomic E-state index is 13.7. The van der Waals surface area contributed by atoms with Gasteiger partial charge in [-0.25, -0.2) is 19.6 Å². The Bertz CT molecular complexity index is 1890. The van der Waals surface area contributed by atoms with E-state index >= 15 is 0 Å². The number of nitrogens with zero attached hydrogens (tertiary/aromatic N) is 4. The molecule has 1 amide bonds. The highest BCUT2D eigenvalue weighted by Gasteiger charge is 2.30. The second kappa shape index (κ2) is 12.4. The van der Waals surface area contributed by atoms with Crippen LogP contribution in [0.5, 0.6) is 11.5 Å². The summed E-state index contributed by atoms with van der Waals surface area (Å²) in [6.07, 6.45) is 7.31. The molecule has 12 nitrogen and oxygen atoms in total. The molecular weight excluding hydrogens is 574 g/mol. The number of rotatable bonds is 8. The molecule has 1 aromatic carbocycles. The first kappa shape index (κ1) is 25.7. The van der Waals surface area contributed by atoms with Crippen molar-refractivity contribution < 1.29 is 23.1 Å². The van der Waals surface area contributed by atoms with Crippen molar-refractivity contribution in [1.29, 1.82) is 0 Å². The van der Waals surface area contributed by atoms with Gasteiger partial charge in [0.25, 0.3) is 0 Å². The van der Waals surface area contributed by atoms with Gasteiger partial charge in [0.05, 0.1) is 30.0 Å². The summed E-state index contributed by atoms with van der Waals surface area (Å²) >= 11 is 0. The normalized spacial score (nSPS) is 20.9. The van der Waals surface area contributed by atoms with Crippen LogP contribution in [0.4, 0.5) is 16.4 Å². The number of aryl methyl sites for hydroxylation is 1. The highest BCUT2D eigenvalue weighted by atomic mass is 16.6. The standard InChI is InChI=1S/C33H39N7O5/c1-39-27-19-35-30(17-26(27)40(33(39)42)24-9-8-23(16-24)36-32(41)43-2)38-31-14-20(18-34-22-5-3-4-6-22)13-25(37-31)21-7-10-28-29(15-21)45-12-11-44-28/h7,10,13-15,17,19,22-24,34H,3-6,8-9,11-12,16,18H2,1-2H3,(H,36,41)(H,35,37,38)/t23-,24-/m1/s1/i1D3. The topological polar surface area (TPSA) is 134 Å². The maximum atomic E-state index is 13.7. The number of hydrogen-bond acceptors (Lipinski definition) is 9. The van der Waals surface area contributed by atoms with Gasteiger partial charge in [-0.15, -0.1) is 0 Å². The molecule has 4 heterocycles. The summed E-state index contributed by atoms with van der Waals surface area (Å²) in [7, 11) is 1.30. The number of aromatic nitrogens is 4. The van der Waals surface area contributed by atoms with Gasteiger partial charge in [-0.3, -0.25) is 9.13 Å². The average Bonchev–Trinajstić information content (AvgIpc) is 3.82. The van der Waals surface area contributed by atoms with Gasteiger partial charge >= 0.3 is 11.8 Å². The summed E-state index contributed by atoms with van der Waals surface area (Å²) in [5.41, 5.74) is 2.63. The third-order valence-corrected chi connectivity index (χ3v) is 8.97. The van der Waals surface area contributed by atoms with Gasteiger partial charge in [0.1, 0.15) is 24.8 Å². The fourth-order valence-electron chi connectivity index (χ4n) is 6.71. The van der Waals surface area contributed by atoms with Crippen LogP contribution in [0.3, 0.4) is 0 Å². The van der Waals surface area contributed by atoms with Crippen LogP contribution < -0.4 is 31.1 Å². The lowest BCUT2D eigenvalue weighted by molar-refractivity contribution is 0.166. The summed E-state index contributed by atoms with van der Waals surface area (Å²) < 4.78 is 42.9. The van der Waals surface area contributed by atoms with Gasteiger partial charge < -0.3 is 30.2 Å². The molecular formula is C33H39N7O5. The van der Waals surface area contributed by atoms with E-state index in [0.717, 1.165) is 34.2 Å². The largest absolute Gasteiger partial charge is 0.486 e. The number of hydrogen-bond donors (Lipinski definition) is 3. The van der Waals surface area contributed by atoms with E-state index < -0.39 is 18.8 Å². The van der Waals surface area contributed by atoms with E-state index in [-0.39, 0.29) is 17.6 Å². The predicted octanol–water partition coefficient (Wildman–Crippen LogP) is 4.79. The zero-order valence-electron chi connectivity index (χ0n) is 28.2. The fraction of sp³-hybridized carbons (Fsp3) is 0.455. The Hall–Kier alpha value is -4.58. The van der Waals surface area contributed by atoms with E-state index in [0.29, 0.717) is 73.7 Å². The van der Waals surface area contributed by atoms with E-state index in [1.807, 2.05) is 24.3 Å². The lowest BCUT2D eigenvalue weighted by Crippen LogP contribution is -2.33. The Morgan fingerprint density at radius 1 is 1.02 bits per heavy atom. The van der Waals surface area contributed by atoms with Crippen LogP contribution in [-0.2, 0) is 18.3 Å². The first-order valence-corrected chi connectivity index (χ1v) is 15.6. The summed E-state index contributed by atoms with van der Waals surface area (Å²) in [5, 5.41) is 9.80. The second-order valence-corrected chi connectivity index (χ2v) is 11.9. The number of imidazole rings is 1. The first-order chi connectivity index (χ1) is 23.2. The van der Waals surface area contributed by atoms with Crippen molar-refractivity contribution in [2.24, 2.45) is 6.98 Å². The number of carbonyl (C=O) groups is 1. The van der Waals surface area contributed by atoms with Crippen molar-refractivity contribution in [3.05, 3.63) is 58.6 Å². The Morgan fingerprint density at radius 2 is 1.87 bits per heavy atom. The molecule has 3 aromatic heterocycles. The van der Waals surface area contributed by atoms with Gasteiger partial charge in [0.2, 0.25) is 0 Å². The van der Waals surface area contributed by atoms with Crippen molar-refractivity contribution >= 4 is 28.8 Å². The number of benzene rings is 1. The number of carbonyl (C=O) groups excluding carboxylic acids is 1. The molecule has 0 saturated heterocycles. The predicted molar refractivity (Wildman–Crippen MR) is 170 cm³/mol. The lowest BCUT2D eigenvalue weighted by Gasteiger charge is -2.19. The molecule has 0 unspecified atom stereocenters. The molecule has 4 aromatic rings. The molecule has 1 aliphatic heterocycles. The number of fused-ring (bicyclic) bond motifs is 2. The van der Waals surface area contributed by atoms with Crippen molar-refractivity contribution in [3.8, 4) is 22.8 Å². The van der Waals surface area contributed by atoms with Crippen molar-refractivity contribution in [2.45, 2.75) is 69.6 Å². The Labute approximate surface area is 265 Å². The van der Waals surface area contributed by atoms with Crippen LogP contribution in [0.15, 0.2) is 47.4 Å². The van der Waals surface area contributed by atoms with E-state index in [2.05, 4.69) is 27.0 Å². The maximum Gasteiger partial charge on any atom is 0.407 e. The van der Waals surface area contributed by atoms with Gasteiger partial charge in [0.15, 0.2) is 11.5 Å². The van der Waals surface area contributed by atoms with E-state index in [1.165, 1.54) is 30.7 Å². The SMILES string of the molecule is [2H]C([2H])([2H])n1c(=O)n([C@@H]2CC[C@@H](NC(=O)OC)C2)c2cc(Nc3cc(CNC4CCCC4)cc(-c4ccc5c(c4)OCCO5)n3)ncc21. The highest BCUT2D eigenvalue weighted by Crippen LogP contribution is 2.36. The third kappa shape index (κ3) is 6.06. The zero-order valence-corrected chi connectivity index (χ0v) is 25.2. The Kier molecular flexibility index (Phi) is 7.10. The molecule has 2 fully saturated rings. The van der Waals surface area contributed by atoms with Crippen LogP contribution >= 0.6 is 0 Å². The molecule has 45 heavy (non-hydrogen) atoms. The molecule has 236 valence electrons. The minimum atomic E-state index is -2.71. The van der Waals surface area contributed by atoms with E-state index in [1.54, 1.807) is 6.07 Å². The number of methoxy groups -OCH3 is 1. The minimum absolute atomic E-state index is 0.203. The Morgan fingerprint density at radius 3 is 2.69 bits per heavy atom. The molecule has 0 bridgehead atoms. The van der Waals surface area contributed by atoms with E-state index in [4.69, 9.17) is 23.3 Å². The molecule has 0 spiro atoms. The molecule has 7 rings (SSSR count). The third-order valence-electron chi connectivity index (χ3n) is 8.97. The minimum Gasteiger partial charge on any atom is -0.486 e. The first-order valence-electron chi connectivity index (χ1n) is 17.1. The molecule has 3 N–H and O–H groups in total. The zero-order chi connectivity index (χ0) is 33.4. The van der Waals surface area contributed by atoms with Gasteiger partial charge in [-0.1, -0.05) is 12.8 Å². The van der Waals surface area contributed by atoms with Crippen molar-refractivity contribution in [3.63, 3.8) is 0 Å². The quantitative estimate of drug-likeness (QED) is 0.255.